The maximum absolute atomic E-state index is 11.9. The Morgan fingerprint density at radius 2 is 2.23 bits per heavy atom. The number of ether oxygens (including phenoxy) is 2. The van der Waals surface area contributed by atoms with Crippen LogP contribution in [0.5, 0.6) is 0 Å². The standard InChI is InChI=1S/C17H18O4S/c1-10(18)15-8-13(9-22-15)12-4-3-11-5-6-21-16(14(11)7-12)17(19)20-2/h3-4,7-10,16,18H,5-6H2,1-2H3. The van der Waals surface area contributed by atoms with E-state index in [2.05, 4.69) is 0 Å². The second-order valence-electron chi connectivity index (χ2n) is 5.35. The van der Waals surface area contributed by atoms with Gasteiger partial charge in [-0.05, 0) is 53.1 Å². The number of methoxy groups -OCH3 is 1. The lowest BCUT2D eigenvalue weighted by Crippen LogP contribution is -2.24. The molecule has 3 rings (SSSR count). The summed E-state index contributed by atoms with van der Waals surface area (Å²) < 4.78 is 10.4. The molecule has 0 fully saturated rings. The molecule has 5 heteroatoms. The van der Waals surface area contributed by atoms with Gasteiger partial charge in [0.05, 0.1) is 19.8 Å². The lowest BCUT2D eigenvalue weighted by molar-refractivity contribution is -0.155. The number of thiophene rings is 1. The Kier molecular flexibility index (Phi) is 4.29. The van der Waals surface area contributed by atoms with Crippen LogP contribution in [0.3, 0.4) is 0 Å². The number of hydrogen-bond acceptors (Lipinski definition) is 5. The first-order chi connectivity index (χ1) is 10.6. The third-order valence-corrected chi connectivity index (χ3v) is 4.97. The molecule has 2 aromatic rings. The van der Waals surface area contributed by atoms with E-state index in [0.29, 0.717) is 6.61 Å². The molecule has 0 bridgehead atoms. The first-order valence-corrected chi connectivity index (χ1v) is 8.07. The van der Waals surface area contributed by atoms with Gasteiger partial charge in [0.2, 0.25) is 0 Å². The Balaban J connectivity index is 1.99. The molecule has 22 heavy (non-hydrogen) atoms. The van der Waals surface area contributed by atoms with Crippen LogP contribution in [0.2, 0.25) is 0 Å². The van der Waals surface area contributed by atoms with Crippen LogP contribution < -0.4 is 0 Å². The van der Waals surface area contributed by atoms with Gasteiger partial charge >= 0.3 is 5.97 Å². The first kappa shape index (κ1) is 15.2. The van der Waals surface area contributed by atoms with Gasteiger partial charge in [0.15, 0.2) is 6.10 Å². The minimum atomic E-state index is -0.649. The normalized spacial score (nSPS) is 18.6. The van der Waals surface area contributed by atoms with E-state index in [1.54, 1.807) is 6.92 Å². The zero-order chi connectivity index (χ0) is 15.7. The van der Waals surface area contributed by atoms with Crippen LogP contribution in [0.1, 0.15) is 35.1 Å². The Bertz CT molecular complexity index is 690. The summed E-state index contributed by atoms with van der Waals surface area (Å²) in [6.45, 7) is 2.28. The van der Waals surface area contributed by atoms with Crippen LogP contribution in [-0.4, -0.2) is 24.8 Å². The second-order valence-corrected chi connectivity index (χ2v) is 6.29. The fourth-order valence-corrected chi connectivity index (χ4v) is 3.51. The van der Waals surface area contributed by atoms with E-state index < -0.39 is 12.2 Å². The minimum absolute atomic E-state index is 0.368. The highest BCUT2D eigenvalue weighted by Gasteiger charge is 2.28. The van der Waals surface area contributed by atoms with Crippen LogP contribution >= 0.6 is 11.3 Å². The molecule has 1 N–H and O–H groups in total. The van der Waals surface area contributed by atoms with E-state index in [4.69, 9.17) is 9.47 Å². The summed E-state index contributed by atoms with van der Waals surface area (Å²) in [5, 5.41) is 11.7. The highest BCUT2D eigenvalue weighted by molar-refractivity contribution is 7.10. The van der Waals surface area contributed by atoms with Crippen molar-refractivity contribution in [2.75, 3.05) is 13.7 Å². The molecule has 2 atom stereocenters. The van der Waals surface area contributed by atoms with Gasteiger partial charge in [0.1, 0.15) is 0 Å². The molecule has 0 spiro atoms. The minimum Gasteiger partial charge on any atom is -0.467 e. The average molecular weight is 318 g/mol. The van der Waals surface area contributed by atoms with Crippen LogP contribution in [0.15, 0.2) is 29.6 Å². The van der Waals surface area contributed by atoms with Gasteiger partial charge in [0.25, 0.3) is 0 Å². The predicted molar refractivity (Wildman–Crippen MR) is 84.8 cm³/mol. The summed E-state index contributed by atoms with van der Waals surface area (Å²) in [6, 6.07) is 8.06. The van der Waals surface area contributed by atoms with E-state index in [-0.39, 0.29) is 5.97 Å². The molecule has 2 heterocycles. The maximum Gasteiger partial charge on any atom is 0.339 e. The molecule has 2 unspecified atom stereocenters. The summed E-state index contributed by atoms with van der Waals surface area (Å²) in [7, 11) is 1.37. The zero-order valence-corrected chi connectivity index (χ0v) is 13.4. The fourth-order valence-electron chi connectivity index (χ4n) is 2.65. The molecule has 1 aliphatic rings. The summed E-state index contributed by atoms with van der Waals surface area (Å²) in [4.78, 5) is 12.8. The monoisotopic (exact) mass is 318 g/mol. The Labute approximate surface area is 133 Å². The van der Waals surface area contributed by atoms with Gasteiger partial charge in [-0.2, -0.15) is 0 Å². The SMILES string of the molecule is COC(=O)C1OCCc2ccc(-c3csc(C(C)O)c3)cc21. The van der Waals surface area contributed by atoms with E-state index in [9.17, 15) is 9.90 Å². The van der Waals surface area contributed by atoms with Gasteiger partial charge in [-0.3, -0.25) is 0 Å². The van der Waals surface area contributed by atoms with Crippen LogP contribution in [0, 0.1) is 0 Å². The Hall–Kier alpha value is -1.69. The largest absolute Gasteiger partial charge is 0.467 e. The smallest absolute Gasteiger partial charge is 0.339 e. The van der Waals surface area contributed by atoms with Crippen LogP contribution in [-0.2, 0) is 20.7 Å². The number of carbonyl (C=O) groups is 1. The average Bonchev–Trinajstić information content (AvgIpc) is 3.03. The van der Waals surface area contributed by atoms with Crippen molar-refractivity contribution in [3.05, 3.63) is 45.6 Å². The van der Waals surface area contributed by atoms with Gasteiger partial charge < -0.3 is 14.6 Å². The molecule has 1 aromatic heterocycles. The Morgan fingerprint density at radius 3 is 2.91 bits per heavy atom. The van der Waals surface area contributed by atoms with E-state index in [1.165, 1.54) is 18.4 Å². The summed E-state index contributed by atoms with van der Waals surface area (Å²) in [5.74, 6) is -0.368. The van der Waals surface area contributed by atoms with Gasteiger partial charge in [-0.1, -0.05) is 12.1 Å². The highest BCUT2D eigenvalue weighted by atomic mass is 32.1. The molecule has 0 amide bonds. The summed E-state index contributed by atoms with van der Waals surface area (Å²) in [6.07, 6.45) is -0.322. The first-order valence-electron chi connectivity index (χ1n) is 7.19. The third-order valence-electron chi connectivity index (χ3n) is 3.86. The topological polar surface area (TPSA) is 55.8 Å². The molecule has 1 aromatic carbocycles. The van der Waals surface area contributed by atoms with Crippen molar-refractivity contribution in [2.45, 2.75) is 25.6 Å². The molecule has 4 nitrogen and oxygen atoms in total. The molecular weight excluding hydrogens is 300 g/mol. The summed E-state index contributed by atoms with van der Waals surface area (Å²) in [5.41, 5.74) is 4.05. The summed E-state index contributed by atoms with van der Waals surface area (Å²) >= 11 is 1.53. The number of aliphatic hydroxyl groups is 1. The van der Waals surface area contributed by atoms with Crippen LogP contribution in [0.4, 0.5) is 0 Å². The maximum atomic E-state index is 11.9. The number of carbonyl (C=O) groups excluding carboxylic acids is 1. The fraction of sp³-hybridized carbons (Fsp3) is 0.353. The zero-order valence-electron chi connectivity index (χ0n) is 12.5. The van der Waals surface area contributed by atoms with Crippen molar-refractivity contribution in [1.82, 2.24) is 0 Å². The molecule has 1 aliphatic heterocycles. The molecule has 116 valence electrons. The van der Waals surface area contributed by atoms with Gasteiger partial charge in [-0.25, -0.2) is 4.79 Å². The van der Waals surface area contributed by atoms with Crippen molar-refractivity contribution in [3.8, 4) is 11.1 Å². The highest BCUT2D eigenvalue weighted by Crippen LogP contribution is 2.34. The lowest BCUT2D eigenvalue weighted by Gasteiger charge is -2.24. The van der Waals surface area contributed by atoms with Crippen molar-refractivity contribution in [1.29, 1.82) is 0 Å². The van der Waals surface area contributed by atoms with Crippen molar-refractivity contribution >= 4 is 17.3 Å². The molecular formula is C17H18O4S. The predicted octanol–water partition coefficient (Wildman–Crippen LogP) is 3.26. The van der Waals surface area contributed by atoms with Crippen molar-refractivity contribution in [3.63, 3.8) is 0 Å². The quantitative estimate of drug-likeness (QED) is 0.883. The number of benzene rings is 1. The number of hydrogen-bond donors (Lipinski definition) is 1. The van der Waals surface area contributed by atoms with E-state index in [1.807, 2.05) is 29.6 Å². The van der Waals surface area contributed by atoms with Crippen molar-refractivity contribution in [2.24, 2.45) is 0 Å². The number of aliphatic hydroxyl groups excluding tert-OH is 1. The van der Waals surface area contributed by atoms with Crippen LogP contribution in [0.25, 0.3) is 11.1 Å². The number of esters is 1. The second kappa shape index (κ2) is 6.20. The molecule has 0 aliphatic carbocycles. The van der Waals surface area contributed by atoms with Gasteiger partial charge in [0, 0.05) is 4.88 Å². The van der Waals surface area contributed by atoms with Gasteiger partial charge in [-0.15, -0.1) is 11.3 Å². The van der Waals surface area contributed by atoms with E-state index in [0.717, 1.165) is 33.6 Å². The number of fused-ring (bicyclic) bond motifs is 1. The molecule has 0 radical (unpaired) electrons. The van der Waals surface area contributed by atoms with Crippen molar-refractivity contribution < 1.29 is 19.4 Å². The third kappa shape index (κ3) is 2.79. The molecule has 0 saturated heterocycles. The lowest BCUT2D eigenvalue weighted by atomic mass is 9.93. The van der Waals surface area contributed by atoms with E-state index >= 15 is 0 Å². The molecule has 0 saturated carbocycles. The Morgan fingerprint density at radius 1 is 1.41 bits per heavy atom. The number of rotatable bonds is 3.